The minimum atomic E-state index is -0.313. The summed E-state index contributed by atoms with van der Waals surface area (Å²) in [7, 11) is 1.92. The quantitative estimate of drug-likeness (QED) is 0.428. The highest BCUT2D eigenvalue weighted by Gasteiger charge is 2.15. The van der Waals surface area contributed by atoms with Crippen molar-refractivity contribution in [2.75, 3.05) is 17.3 Å². The van der Waals surface area contributed by atoms with Crippen molar-refractivity contribution >= 4 is 51.3 Å². The number of amides is 1. The molecule has 8 heteroatoms. The normalized spacial score (nSPS) is 10.5. The van der Waals surface area contributed by atoms with Gasteiger partial charge in [0.2, 0.25) is 0 Å². The Morgan fingerprint density at radius 3 is 2.42 bits per heavy atom. The van der Waals surface area contributed by atoms with Crippen molar-refractivity contribution in [2.24, 2.45) is 0 Å². The van der Waals surface area contributed by atoms with E-state index in [2.05, 4.69) is 20.6 Å². The van der Waals surface area contributed by atoms with Crippen LogP contribution in [0.1, 0.15) is 10.4 Å². The SMILES string of the molecule is CN(c1ccccc1)c1cc2ncc(=O)[nH]c2cc1NC(=S)NC(=O)c1ccccc1. The summed E-state index contributed by atoms with van der Waals surface area (Å²) >= 11 is 5.37. The van der Waals surface area contributed by atoms with Gasteiger partial charge in [-0.05, 0) is 48.6 Å². The van der Waals surface area contributed by atoms with Crippen molar-refractivity contribution in [2.45, 2.75) is 0 Å². The molecule has 3 N–H and O–H groups in total. The van der Waals surface area contributed by atoms with Gasteiger partial charge in [-0.3, -0.25) is 14.9 Å². The topological polar surface area (TPSA) is 90.1 Å². The zero-order valence-electron chi connectivity index (χ0n) is 16.6. The maximum absolute atomic E-state index is 12.4. The van der Waals surface area contributed by atoms with Crippen molar-refractivity contribution in [3.63, 3.8) is 0 Å². The molecule has 1 heterocycles. The molecule has 4 aromatic rings. The number of aromatic nitrogens is 2. The Bertz CT molecular complexity index is 1310. The van der Waals surface area contributed by atoms with E-state index in [1.807, 2.05) is 54.4 Å². The van der Waals surface area contributed by atoms with E-state index >= 15 is 0 Å². The smallest absolute Gasteiger partial charge is 0.266 e. The van der Waals surface area contributed by atoms with E-state index in [-0.39, 0.29) is 16.6 Å². The number of para-hydroxylation sites is 1. The number of hydrogen-bond donors (Lipinski definition) is 3. The molecule has 154 valence electrons. The van der Waals surface area contributed by atoms with Crippen LogP contribution in [-0.2, 0) is 0 Å². The van der Waals surface area contributed by atoms with E-state index in [1.165, 1.54) is 6.20 Å². The van der Waals surface area contributed by atoms with Crippen molar-refractivity contribution in [3.8, 4) is 0 Å². The molecule has 0 bridgehead atoms. The van der Waals surface area contributed by atoms with Crippen LogP contribution in [0.25, 0.3) is 11.0 Å². The molecule has 0 aliphatic rings. The van der Waals surface area contributed by atoms with Gasteiger partial charge >= 0.3 is 0 Å². The van der Waals surface area contributed by atoms with E-state index in [0.29, 0.717) is 22.3 Å². The molecule has 0 spiro atoms. The van der Waals surface area contributed by atoms with Gasteiger partial charge in [0, 0.05) is 18.3 Å². The molecule has 1 aromatic heterocycles. The zero-order valence-corrected chi connectivity index (χ0v) is 17.4. The fourth-order valence-corrected chi connectivity index (χ4v) is 3.37. The summed E-state index contributed by atoms with van der Waals surface area (Å²) in [6.45, 7) is 0. The minimum Gasteiger partial charge on any atom is -0.343 e. The van der Waals surface area contributed by atoms with Gasteiger partial charge in [-0.1, -0.05) is 36.4 Å². The monoisotopic (exact) mass is 429 g/mol. The number of fused-ring (bicyclic) bond motifs is 1. The fourth-order valence-electron chi connectivity index (χ4n) is 3.16. The lowest BCUT2D eigenvalue weighted by Gasteiger charge is -2.24. The summed E-state index contributed by atoms with van der Waals surface area (Å²) < 4.78 is 0. The van der Waals surface area contributed by atoms with Crippen LogP contribution in [-0.4, -0.2) is 28.0 Å². The molecule has 31 heavy (non-hydrogen) atoms. The Labute approximate surface area is 183 Å². The Kier molecular flexibility index (Phi) is 5.72. The Hall–Kier alpha value is -4.04. The molecule has 7 nitrogen and oxygen atoms in total. The summed E-state index contributed by atoms with van der Waals surface area (Å²) in [5.41, 5.74) is 3.71. The molecule has 0 aliphatic carbocycles. The number of rotatable bonds is 4. The summed E-state index contributed by atoms with van der Waals surface area (Å²) in [5.74, 6) is -0.313. The number of hydrogen-bond acceptors (Lipinski definition) is 5. The van der Waals surface area contributed by atoms with Gasteiger partial charge in [0.05, 0.1) is 28.6 Å². The van der Waals surface area contributed by atoms with E-state index < -0.39 is 0 Å². The molecular weight excluding hydrogens is 410 g/mol. The molecule has 0 saturated carbocycles. The lowest BCUT2D eigenvalue weighted by atomic mass is 10.2. The highest BCUT2D eigenvalue weighted by molar-refractivity contribution is 7.80. The van der Waals surface area contributed by atoms with Crippen LogP contribution in [0, 0.1) is 0 Å². The van der Waals surface area contributed by atoms with Crippen LogP contribution in [0.15, 0.2) is 83.8 Å². The van der Waals surface area contributed by atoms with Gasteiger partial charge < -0.3 is 15.2 Å². The van der Waals surface area contributed by atoms with Gasteiger partial charge in [0.1, 0.15) is 0 Å². The molecule has 4 rings (SSSR count). The average Bonchev–Trinajstić information content (AvgIpc) is 2.79. The second-order valence-corrected chi connectivity index (χ2v) is 7.21. The molecule has 0 unspecified atom stereocenters. The van der Waals surface area contributed by atoms with E-state index in [1.54, 1.807) is 30.3 Å². The molecule has 1 amide bonds. The number of anilines is 3. The van der Waals surface area contributed by atoms with Gasteiger partial charge in [0.15, 0.2) is 5.11 Å². The second-order valence-electron chi connectivity index (χ2n) is 6.80. The molecule has 0 radical (unpaired) electrons. The van der Waals surface area contributed by atoms with Crippen molar-refractivity contribution in [3.05, 3.63) is 94.9 Å². The van der Waals surface area contributed by atoms with Crippen LogP contribution in [0.5, 0.6) is 0 Å². The van der Waals surface area contributed by atoms with Gasteiger partial charge in [-0.25, -0.2) is 4.98 Å². The Morgan fingerprint density at radius 1 is 1.03 bits per heavy atom. The van der Waals surface area contributed by atoms with Gasteiger partial charge in [-0.15, -0.1) is 0 Å². The van der Waals surface area contributed by atoms with E-state index in [9.17, 15) is 9.59 Å². The highest BCUT2D eigenvalue weighted by Crippen LogP contribution is 2.33. The van der Waals surface area contributed by atoms with Gasteiger partial charge in [0.25, 0.3) is 11.5 Å². The first-order chi connectivity index (χ1) is 15.0. The first kappa shape index (κ1) is 20.2. The van der Waals surface area contributed by atoms with Crippen molar-refractivity contribution in [1.29, 1.82) is 0 Å². The fraction of sp³-hybridized carbons (Fsp3) is 0.0435. The van der Waals surface area contributed by atoms with Crippen molar-refractivity contribution in [1.82, 2.24) is 15.3 Å². The van der Waals surface area contributed by atoms with Crippen LogP contribution in [0.3, 0.4) is 0 Å². The maximum atomic E-state index is 12.4. The second kappa shape index (κ2) is 8.76. The first-order valence-electron chi connectivity index (χ1n) is 9.50. The van der Waals surface area contributed by atoms with Crippen molar-refractivity contribution < 1.29 is 4.79 Å². The van der Waals surface area contributed by atoms with Crippen LogP contribution < -0.4 is 21.1 Å². The number of carbonyl (C=O) groups is 1. The van der Waals surface area contributed by atoms with E-state index in [4.69, 9.17) is 12.2 Å². The highest BCUT2D eigenvalue weighted by atomic mass is 32.1. The number of benzene rings is 3. The molecule has 0 aliphatic heterocycles. The third-order valence-electron chi connectivity index (χ3n) is 4.71. The molecule has 0 saturated heterocycles. The predicted octanol–water partition coefficient (Wildman–Crippen LogP) is 3.82. The summed E-state index contributed by atoms with van der Waals surface area (Å²) in [5, 5.41) is 5.91. The Morgan fingerprint density at radius 2 is 1.71 bits per heavy atom. The van der Waals surface area contributed by atoms with Gasteiger partial charge in [-0.2, -0.15) is 0 Å². The summed E-state index contributed by atoms with van der Waals surface area (Å²) in [4.78, 5) is 33.1. The third-order valence-corrected chi connectivity index (χ3v) is 4.91. The van der Waals surface area contributed by atoms with Crippen LogP contribution in [0.4, 0.5) is 17.1 Å². The third kappa shape index (κ3) is 4.59. The number of carbonyl (C=O) groups excluding carboxylic acids is 1. The molecule has 3 aromatic carbocycles. The zero-order chi connectivity index (χ0) is 21.8. The molecule has 0 fully saturated rings. The number of H-pyrrole nitrogens is 1. The summed E-state index contributed by atoms with van der Waals surface area (Å²) in [6, 6.07) is 22.2. The van der Waals surface area contributed by atoms with E-state index in [0.717, 1.165) is 11.4 Å². The predicted molar refractivity (Wildman–Crippen MR) is 127 cm³/mol. The standard InChI is InChI=1S/C23H19N5O2S/c1-28(16-10-6-3-7-11-16)20-13-17-18(25-21(29)14-24-17)12-19(20)26-23(31)27-22(30)15-8-4-2-5-9-15/h2-14H,1H3,(H,25,29)(H2,26,27,30,31). The lowest BCUT2D eigenvalue weighted by molar-refractivity contribution is 0.0977. The number of nitrogens with zero attached hydrogens (tertiary/aromatic N) is 2. The lowest BCUT2D eigenvalue weighted by Crippen LogP contribution is -2.34. The number of aromatic amines is 1. The number of thiocarbonyl (C=S) groups is 1. The van der Waals surface area contributed by atoms with Crippen LogP contribution >= 0.6 is 12.2 Å². The minimum absolute atomic E-state index is 0.141. The Balaban J connectivity index is 1.68. The molecular formula is C23H19N5O2S. The van der Waals surface area contributed by atoms with Crippen LogP contribution in [0.2, 0.25) is 0 Å². The number of nitrogens with one attached hydrogen (secondary N) is 3. The largest absolute Gasteiger partial charge is 0.343 e. The summed E-state index contributed by atoms with van der Waals surface area (Å²) in [6.07, 6.45) is 1.24. The molecule has 0 atom stereocenters. The maximum Gasteiger partial charge on any atom is 0.266 e. The first-order valence-corrected chi connectivity index (χ1v) is 9.91. The average molecular weight is 430 g/mol.